The predicted molar refractivity (Wildman–Crippen MR) is 78.3 cm³/mol. The SMILES string of the molecule is Cc1nccc(B2OC(C)(C)C(C)(C)O2)c1OC1CC1. The van der Waals surface area contributed by atoms with Gasteiger partial charge in [0.2, 0.25) is 0 Å². The maximum atomic E-state index is 6.12. The van der Waals surface area contributed by atoms with E-state index in [-0.39, 0.29) is 11.2 Å². The van der Waals surface area contributed by atoms with Crippen molar-refractivity contribution in [3.8, 4) is 5.75 Å². The maximum Gasteiger partial charge on any atom is 0.498 e. The van der Waals surface area contributed by atoms with Crippen LogP contribution in [-0.4, -0.2) is 29.4 Å². The molecule has 0 amide bonds. The van der Waals surface area contributed by atoms with Gasteiger partial charge in [-0.05, 0) is 53.5 Å². The summed E-state index contributed by atoms with van der Waals surface area (Å²) < 4.78 is 18.2. The van der Waals surface area contributed by atoms with Gasteiger partial charge in [0.1, 0.15) is 5.75 Å². The fourth-order valence-corrected chi connectivity index (χ4v) is 2.23. The largest absolute Gasteiger partial charge is 0.498 e. The van der Waals surface area contributed by atoms with Crippen molar-refractivity contribution in [2.24, 2.45) is 0 Å². The van der Waals surface area contributed by atoms with Crippen LogP contribution in [0.2, 0.25) is 0 Å². The third-order valence-electron chi connectivity index (χ3n) is 4.43. The number of rotatable bonds is 3. The van der Waals surface area contributed by atoms with Gasteiger partial charge in [-0.25, -0.2) is 0 Å². The van der Waals surface area contributed by atoms with E-state index in [1.807, 2.05) is 13.0 Å². The van der Waals surface area contributed by atoms with Crippen LogP contribution >= 0.6 is 0 Å². The molecule has 0 bridgehead atoms. The Kier molecular flexibility index (Phi) is 3.10. The molecule has 0 unspecified atom stereocenters. The Balaban J connectivity index is 1.93. The van der Waals surface area contributed by atoms with E-state index < -0.39 is 7.12 Å². The van der Waals surface area contributed by atoms with Crippen molar-refractivity contribution in [1.29, 1.82) is 0 Å². The number of pyridine rings is 1. The van der Waals surface area contributed by atoms with Crippen molar-refractivity contribution in [2.45, 2.75) is 64.8 Å². The zero-order valence-corrected chi connectivity index (χ0v) is 12.9. The van der Waals surface area contributed by atoms with E-state index in [1.165, 1.54) is 0 Å². The number of aromatic nitrogens is 1. The van der Waals surface area contributed by atoms with Crippen LogP contribution in [0.1, 0.15) is 46.2 Å². The van der Waals surface area contributed by atoms with Crippen LogP contribution in [0, 0.1) is 6.92 Å². The first-order valence-corrected chi connectivity index (χ1v) is 7.28. The molecule has 4 nitrogen and oxygen atoms in total. The first-order chi connectivity index (χ1) is 9.30. The van der Waals surface area contributed by atoms with Crippen LogP contribution in [-0.2, 0) is 9.31 Å². The highest BCUT2D eigenvalue weighted by atomic mass is 16.7. The number of aryl methyl sites for hydroxylation is 1. The second-order valence-corrected chi connectivity index (χ2v) is 6.72. The van der Waals surface area contributed by atoms with Gasteiger partial charge in [-0.3, -0.25) is 4.98 Å². The van der Waals surface area contributed by atoms with Gasteiger partial charge in [-0.2, -0.15) is 0 Å². The van der Waals surface area contributed by atoms with E-state index in [0.29, 0.717) is 6.10 Å². The third kappa shape index (κ3) is 2.33. The van der Waals surface area contributed by atoms with Gasteiger partial charge in [0.25, 0.3) is 0 Å². The normalized spacial score (nSPS) is 23.9. The molecule has 0 spiro atoms. The lowest BCUT2D eigenvalue weighted by Gasteiger charge is -2.32. The third-order valence-corrected chi connectivity index (χ3v) is 4.43. The van der Waals surface area contributed by atoms with E-state index >= 15 is 0 Å². The van der Waals surface area contributed by atoms with Gasteiger partial charge in [0.05, 0.1) is 23.0 Å². The lowest BCUT2D eigenvalue weighted by Crippen LogP contribution is -2.41. The topological polar surface area (TPSA) is 40.6 Å². The Labute approximate surface area is 121 Å². The molecule has 2 aliphatic rings. The fraction of sp³-hybridized carbons (Fsp3) is 0.667. The van der Waals surface area contributed by atoms with Crippen molar-refractivity contribution in [3.63, 3.8) is 0 Å². The van der Waals surface area contributed by atoms with Crippen molar-refractivity contribution in [2.75, 3.05) is 0 Å². The number of hydrogen-bond acceptors (Lipinski definition) is 4. The van der Waals surface area contributed by atoms with Crippen molar-refractivity contribution in [1.82, 2.24) is 4.98 Å². The monoisotopic (exact) mass is 275 g/mol. The van der Waals surface area contributed by atoms with Gasteiger partial charge in [0.15, 0.2) is 0 Å². The van der Waals surface area contributed by atoms with Crippen molar-refractivity contribution < 1.29 is 14.0 Å². The Morgan fingerprint density at radius 3 is 2.35 bits per heavy atom. The molecule has 108 valence electrons. The van der Waals surface area contributed by atoms with Crippen LogP contribution in [0.3, 0.4) is 0 Å². The van der Waals surface area contributed by atoms with Gasteiger partial charge < -0.3 is 14.0 Å². The second-order valence-electron chi connectivity index (χ2n) is 6.72. The van der Waals surface area contributed by atoms with E-state index in [2.05, 4.69) is 32.7 Å². The molecule has 0 aromatic carbocycles. The fourth-order valence-electron chi connectivity index (χ4n) is 2.23. The van der Waals surface area contributed by atoms with Crippen LogP contribution in [0.15, 0.2) is 12.3 Å². The minimum atomic E-state index is -0.393. The Morgan fingerprint density at radius 1 is 1.20 bits per heavy atom. The molecule has 0 N–H and O–H groups in total. The molecule has 0 radical (unpaired) electrons. The summed E-state index contributed by atoms with van der Waals surface area (Å²) in [5.41, 5.74) is 1.16. The highest BCUT2D eigenvalue weighted by Gasteiger charge is 2.52. The van der Waals surface area contributed by atoms with Crippen LogP contribution in [0.4, 0.5) is 0 Å². The molecule has 20 heavy (non-hydrogen) atoms. The Morgan fingerprint density at radius 2 is 1.80 bits per heavy atom. The summed E-state index contributed by atoms with van der Waals surface area (Å²) in [4.78, 5) is 4.33. The summed E-state index contributed by atoms with van der Waals surface area (Å²) in [5, 5.41) is 0. The molecule has 1 aromatic rings. The Hall–Kier alpha value is -1.07. The average Bonchev–Trinajstić information content (AvgIpc) is 3.10. The summed E-state index contributed by atoms with van der Waals surface area (Å²) >= 11 is 0. The van der Waals surface area contributed by atoms with E-state index in [9.17, 15) is 0 Å². The molecule has 1 aliphatic carbocycles. The smallest absolute Gasteiger partial charge is 0.489 e. The highest BCUT2D eigenvalue weighted by Crippen LogP contribution is 2.37. The number of hydrogen-bond donors (Lipinski definition) is 0. The van der Waals surface area contributed by atoms with Crippen molar-refractivity contribution in [3.05, 3.63) is 18.0 Å². The molecule has 1 saturated heterocycles. The number of nitrogens with zero attached hydrogens (tertiary/aromatic N) is 1. The molecule has 3 rings (SSSR count). The minimum absolute atomic E-state index is 0.332. The first-order valence-electron chi connectivity index (χ1n) is 7.28. The van der Waals surface area contributed by atoms with Crippen LogP contribution < -0.4 is 10.2 Å². The zero-order chi connectivity index (χ0) is 14.5. The second kappa shape index (κ2) is 4.47. The molecule has 0 atom stereocenters. The van der Waals surface area contributed by atoms with Gasteiger partial charge >= 0.3 is 7.12 Å². The molecule has 1 aromatic heterocycles. The van der Waals surface area contributed by atoms with E-state index in [4.69, 9.17) is 14.0 Å². The molecule has 5 heteroatoms. The lowest BCUT2D eigenvalue weighted by atomic mass is 9.78. The van der Waals surface area contributed by atoms with Gasteiger partial charge in [-0.1, -0.05) is 0 Å². The summed E-state index contributed by atoms with van der Waals surface area (Å²) in [6.07, 6.45) is 4.36. The predicted octanol–water partition coefficient (Wildman–Crippen LogP) is 2.23. The Bertz CT molecular complexity index is 510. The molecule has 1 aliphatic heterocycles. The average molecular weight is 275 g/mol. The lowest BCUT2D eigenvalue weighted by molar-refractivity contribution is 0.00578. The maximum absolute atomic E-state index is 6.12. The highest BCUT2D eigenvalue weighted by molar-refractivity contribution is 6.63. The van der Waals surface area contributed by atoms with Crippen LogP contribution in [0.5, 0.6) is 5.75 Å². The van der Waals surface area contributed by atoms with Gasteiger partial charge in [-0.15, -0.1) is 0 Å². The van der Waals surface area contributed by atoms with Crippen molar-refractivity contribution >= 4 is 12.6 Å². The molecular formula is C15H22BNO3. The number of ether oxygens (including phenoxy) is 1. The first kappa shape index (κ1) is 13.9. The molecule has 2 fully saturated rings. The quantitative estimate of drug-likeness (QED) is 0.793. The summed E-state index contributed by atoms with van der Waals surface area (Å²) in [7, 11) is -0.393. The van der Waals surface area contributed by atoms with Gasteiger partial charge in [0, 0.05) is 11.7 Å². The standard InChI is InChI=1S/C15H22BNO3/c1-10-13(18-11-6-7-11)12(8-9-17-10)16-19-14(2,3)15(4,5)20-16/h8-9,11H,6-7H2,1-5H3. The summed E-state index contributed by atoms with van der Waals surface area (Å²) in [6, 6.07) is 1.94. The summed E-state index contributed by atoms with van der Waals surface area (Å²) in [5.74, 6) is 0.827. The molecular weight excluding hydrogens is 253 g/mol. The summed E-state index contributed by atoms with van der Waals surface area (Å²) in [6.45, 7) is 10.2. The molecule has 1 saturated carbocycles. The minimum Gasteiger partial charge on any atom is -0.489 e. The van der Waals surface area contributed by atoms with E-state index in [0.717, 1.165) is 29.7 Å². The molecule has 2 heterocycles. The van der Waals surface area contributed by atoms with E-state index in [1.54, 1.807) is 6.20 Å². The van der Waals surface area contributed by atoms with Crippen LogP contribution in [0.25, 0.3) is 0 Å². The zero-order valence-electron chi connectivity index (χ0n) is 12.9.